The smallest absolute Gasteiger partial charge is 0.166 e. The predicted molar refractivity (Wildman–Crippen MR) is 49.8 cm³/mol. The van der Waals surface area contributed by atoms with Gasteiger partial charge in [-0.3, -0.25) is 9.78 Å². The number of carbonyl (C=O) groups excluding carboxylic acids is 1. The topological polar surface area (TPSA) is 39.2 Å². The molecule has 1 saturated heterocycles. The van der Waals surface area contributed by atoms with Crippen LogP contribution < -0.4 is 0 Å². The van der Waals surface area contributed by atoms with Crippen molar-refractivity contribution in [2.75, 3.05) is 6.61 Å². The van der Waals surface area contributed by atoms with Gasteiger partial charge in [-0.25, -0.2) is 0 Å². The number of aromatic nitrogens is 1. The van der Waals surface area contributed by atoms with Crippen molar-refractivity contribution in [2.45, 2.75) is 25.4 Å². The van der Waals surface area contributed by atoms with Crippen molar-refractivity contribution >= 4 is 17.1 Å². The fourth-order valence-corrected chi connectivity index (χ4v) is 2.05. The lowest BCUT2D eigenvalue weighted by molar-refractivity contribution is -0.127. The summed E-state index contributed by atoms with van der Waals surface area (Å²) in [6, 6.07) is 0. The van der Waals surface area contributed by atoms with Gasteiger partial charge in [0.25, 0.3) is 0 Å². The highest BCUT2D eigenvalue weighted by atomic mass is 32.1. The third-order valence-corrected chi connectivity index (χ3v) is 2.90. The van der Waals surface area contributed by atoms with Crippen LogP contribution in [0.15, 0.2) is 11.7 Å². The molecular weight excluding hydrogens is 186 g/mol. The molecule has 0 N–H and O–H groups in total. The SMILES string of the molecule is O=C(Cc1cncs1)C1CCCO1. The zero-order valence-electron chi connectivity index (χ0n) is 7.23. The molecule has 70 valence electrons. The van der Waals surface area contributed by atoms with Crippen molar-refractivity contribution in [3.8, 4) is 0 Å². The monoisotopic (exact) mass is 197 g/mol. The van der Waals surface area contributed by atoms with Crippen molar-refractivity contribution in [1.29, 1.82) is 0 Å². The minimum atomic E-state index is -0.151. The molecule has 4 heteroatoms. The fraction of sp³-hybridized carbons (Fsp3) is 0.556. The molecule has 1 unspecified atom stereocenters. The Morgan fingerprint density at radius 1 is 1.77 bits per heavy atom. The van der Waals surface area contributed by atoms with E-state index in [4.69, 9.17) is 4.74 Å². The minimum Gasteiger partial charge on any atom is -0.370 e. The Kier molecular flexibility index (Phi) is 2.71. The highest BCUT2D eigenvalue weighted by Gasteiger charge is 2.23. The molecule has 0 bridgehead atoms. The number of thiazole rings is 1. The summed E-state index contributed by atoms with van der Waals surface area (Å²) < 4.78 is 5.30. The van der Waals surface area contributed by atoms with Crippen LogP contribution in [0.3, 0.4) is 0 Å². The van der Waals surface area contributed by atoms with E-state index in [9.17, 15) is 4.79 Å². The summed E-state index contributed by atoms with van der Waals surface area (Å²) in [5.41, 5.74) is 1.75. The van der Waals surface area contributed by atoms with E-state index >= 15 is 0 Å². The van der Waals surface area contributed by atoms with Gasteiger partial charge in [-0.2, -0.15) is 0 Å². The van der Waals surface area contributed by atoms with Gasteiger partial charge in [0.15, 0.2) is 5.78 Å². The maximum atomic E-state index is 11.6. The second-order valence-corrected chi connectivity index (χ2v) is 4.08. The molecule has 1 atom stereocenters. The molecule has 0 aromatic carbocycles. The molecule has 0 spiro atoms. The highest BCUT2D eigenvalue weighted by molar-refractivity contribution is 7.09. The van der Waals surface area contributed by atoms with Crippen molar-refractivity contribution in [2.24, 2.45) is 0 Å². The van der Waals surface area contributed by atoms with Crippen molar-refractivity contribution in [1.82, 2.24) is 4.98 Å². The van der Waals surface area contributed by atoms with E-state index in [1.54, 1.807) is 11.7 Å². The molecule has 2 heterocycles. The van der Waals surface area contributed by atoms with Gasteiger partial charge in [-0.15, -0.1) is 11.3 Å². The van der Waals surface area contributed by atoms with Crippen molar-refractivity contribution in [3.63, 3.8) is 0 Å². The van der Waals surface area contributed by atoms with Gasteiger partial charge in [0.05, 0.1) is 5.51 Å². The Morgan fingerprint density at radius 2 is 2.69 bits per heavy atom. The van der Waals surface area contributed by atoms with Crippen molar-refractivity contribution in [3.05, 3.63) is 16.6 Å². The van der Waals surface area contributed by atoms with Gasteiger partial charge in [0.1, 0.15) is 6.10 Å². The van der Waals surface area contributed by atoms with Gasteiger partial charge in [-0.05, 0) is 12.8 Å². The Balaban J connectivity index is 1.91. The van der Waals surface area contributed by atoms with Gasteiger partial charge in [0.2, 0.25) is 0 Å². The van der Waals surface area contributed by atoms with E-state index < -0.39 is 0 Å². The molecule has 0 radical (unpaired) electrons. The lowest BCUT2D eigenvalue weighted by Gasteiger charge is -2.05. The first-order chi connectivity index (χ1) is 6.36. The standard InChI is InChI=1S/C9H11NO2S/c11-8(9-2-1-3-12-9)4-7-5-10-6-13-7/h5-6,9H,1-4H2. The second-order valence-electron chi connectivity index (χ2n) is 3.11. The summed E-state index contributed by atoms with van der Waals surface area (Å²) in [4.78, 5) is 16.5. The van der Waals surface area contributed by atoms with Crippen LogP contribution in [0.25, 0.3) is 0 Å². The third-order valence-electron chi connectivity index (χ3n) is 2.12. The van der Waals surface area contributed by atoms with Crippen LogP contribution in [0.5, 0.6) is 0 Å². The zero-order valence-corrected chi connectivity index (χ0v) is 8.05. The first-order valence-corrected chi connectivity index (χ1v) is 5.26. The molecule has 1 aromatic heterocycles. The van der Waals surface area contributed by atoms with Crippen LogP contribution in [0, 0.1) is 0 Å². The fourth-order valence-electron chi connectivity index (χ4n) is 1.45. The summed E-state index contributed by atoms with van der Waals surface area (Å²) in [6.07, 6.45) is 3.98. The molecule has 0 amide bonds. The average Bonchev–Trinajstić information content (AvgIpc) is 2.74. The summed E-state index contributed by atoms with van der Waals surface area (Å²) >= 11 is 1.52. The van der Waals surface area contributed by atoms with Crippen LogP contribution in [0.4, 0.5) is 0 Å². The Labute approximate surface area is 80.8 Å². The molecular formula is C9H11NO2S. The highest BCUT2D eigenvalue weighted by Crippen LogP contribution is 2.16. The van der Waals surface area contributed by atoms with Crippen LogP contribution in [-0.4, -0.2) is 23.5 Å². The molecule has 3 nitrogen and oxygen atoms in total. The maximum Gasteiger partial charge on any atom is 0.166 e. The van der Waals surface area contributed by atoms with E-state index in [1.165, 1.54) is 11.3 Å². The molecule has 13 heavy (non-hydrogen) atoms. The number of ketones is 1. The largest absolute Gasteiger partial charge is 0.370 e. The lowest BCUT2D eigenvalue weighted by Crippen LogP contribution is -2.20. The zero-order chi connectivity index (χ0) is 9.10. The number of nitrogens with zero attached hydrogens (tertiary/aromatic N) is 1. The summed E-state index contributed by atoms with van der Waals surface area (Å²) in [6.45, 7) is 0.735. The molecule has 1 fully saturated rings. The number of rotatable bonds is 3. The number of carbonyl (C=O) groups is 1. The van der Waals surface area contributed by atoms with Gasteiger partial charge >= 0.3 is 0 Å². The Morgan fingerprint density at radius 3 is 3.31 bits per heavy atom. The van der Waals surface area contributed by atoms with Crippen molar-refractivity contribution < 1.29 is 9.53 Å². The van der Waals surface area contributed by atoms with Crippen LogP contribution in [0.1, 0.15) is 17.7 Å². The third kappa shape index (κ3) is 2.14. The number of hydrogen-bond acceptors (Lipinski definition) is 4. The average molecular weight is 197 g/mol. The first kappa shape index (κ1) is 8.84. The normalized spacial score (nSPS) is 22.0. The van der Waals surface area contributed by atoms with Crippen LogP contribution in [0.2, 0.25) is 0 Å². The Hall–Kier alpha value is -0.740. The molecule has 1 aromatic rings. The predicted octanol–water partition coefficient (Wildman–Crippen LogP) is 1.43. The van der Waals surface area contributed by atoms with E-state index in [0.717, 1.165) is 24.3 Å². The minimum absolute atomic E-state index is 0.151. The van der Waals surface area contributed by atoms with E-state index in [1.807, 2.05) is 0 Å². The summed E-state index contributed by atoms with van der Waals surface area (Å²) in [5.74, 6) is 0.196. The maximum absolute atomic E-state index is 11.6. The van der Waals surface area contributed by atoms with Gasteiger partial charge in [-0.1, -0.05) is 0 Å². The molecule has 1 aliphatic rings. The second kappa shape index (κ2) is 3.98. The summed E-state index contributed by atoms with van der Waals surface area (Å²) in [5, 5.41) is 0. The number of ether oxygens (including phenoxy) is 1. The summed E-state index contributed by atoms with van der Waals surface area (Å²) in [7, 11) is 0. The van der Waals surface area contributed by atoms with E-state index in [2.05, 4.69) is 4.98 Å². The van der Waals surface area contributed by atoms with Crippen LogP contribution >= 0.6 is 11.3 Å². The van der Waals surface area contributed by atoms with Crippen LogP contribution in [-0.2, 0) is 16.0 Å². The Bertz CT molecular complexity index is 278. The van der Waals surface area contributed by atoms with E-state index in [-0.39, 0.29) is 11.9 Å². The molecule has 2 rings (SSSR count). The molecule has 0 aliphatic carbocycles. The van der Waals surface area contributed by atoms with E-state index in [0.29, 0.717) is 6.42 Å². The lowest BCUT2D eigenvalue weighted by atomic mass is 10.1. The quantitative estimate of drug-likeness (QED) is 0.736. The number of hydrogen-bond donors (Lipinski definition) is 0. The van der Waals surface area contributed by atoms with Gasteiger partial charge in [0, 0.05) is 24.1 Å². The molecule has 0 saturated carbocycles. The van der Waals surface area contributed by atoms with Gasteiger partial charge < -0.3 is 4.74 Å². The molecule has 1 aliphatic heterocycles. The first-order valence-electron chi connectivity index (χ1n) is 4.38. The number of Topliss-reactive ketones (excluding diaryl/α,β-unsaturated/α-hetero) is 1.